The number of methoxy groups -OCH3 is 1. The smallest absolute Gasteiger partial charge is 0.234 e. The Morgan fingerprint density at radius 3 is 2.43 bits per heavy atom. The molecular formula is C21H22BrN3O2S. The van der Waals surface area contributed by atoms with Gasteiger partial charge in [0, 0.05) is 15.7 Å². The van der Waals surface area contributed by atoms with Crippen LogP contribution in [0.4, 0.5) is 5.69 Å². The summed E-state index contributed by atoms with van der Waals surface area (Å²) in [6, 6.07) is 15.3. The van der Waals surface area contributed by atoms with Crippen LogP contribution >= 0.6 is 27.7 Å². The molecule has 0 fully saturated rings. The summed E-state index contributed by atoms with van der Waals surface area (Å²) in [6.07, 6.45) is 0.801. The Morgan fingerprint density at radius 2 is 1.82 bits per heavy atom. The number of nitrogens with zero attached hydrogens (tertiary/aromatic N) is 2. The van der Waals surface area contributed by atoms with Crippen molar-refractivity contribution in [2.45, 2.75) is 25.9 Å². The normalized spacial score (nSPS) is 18.4. The largest absolute Gasteiger partial charge is 0.497 e. The van der Waals surface area contributed by atoms with E-state index in [0.29, 0.717) is 0 Å². The molecule has 0 aliphatic carbocycles. The lowest BCUT2D eigenvalue weighted by Crippen LogP contribution is -2.17. The first-order valence-corrected chi connectivity index (χ1v) is 10.7. The Kier molecular flexibility index (Phi) is 6.57. The highest BCUT2D eigenvalue weighted by Gasteiger charge is 2.31. The number of amides is 1. The van der Waals surface area contributed by atoms with Crippen molar-refractivity contribution < 1.29 is 9.53 Å². The van der Waals surface area contributed by atoms with Gasteiger partial charge in [-0.2, -0.15) is 0 Å². The predicted molar refractivity (Wildman–Crippen MR) is 121 cm³/mol. The molecular weight excluding hydrogens is 438 g/mol. The molecule has 0 unspecified atom stereocenters. The summed E-state index contributed by atoms with van der Waals surface area (Å²) in [6.45, 7) is 4.08. The number of anilines is 1. The zero-order chi connectivity index (χ0) is 20.1. The van der Waals surface area contributed by atoms with Gasteiger partial charge in [-0.05, 0) is 49.7 Å². The Hall–Kier alpha value is -2.12. The molecule has 1 N–H and O–H groups in total. The second-order valence-electron chi connectivity index (χ2n) is 6.52. The van der Waals surface area contributed by atoms with Gasteiger partial charge >= 0.3 is 0 Å². The van der Waals surface area contributed by atoms with Gasteiger partial charge in [0.15, 0.2) is 0 Å². The van der Waals surface area contributed by atoms with E-state index in [1.165, 1.54) is 11.8 Å². The number of nitrogens with one attached hydrogen (secondary N) is 1. The SMILES string of the molecule is CC[C@]1(C)N=C(SCC(=O)Nc2ccc(OC)cc2)C(c2ccc(Br)cc2)=N1. The molecule has 1 atom stereocenters. The summed E-state index contributed by atoms with van der Waals surface area (Å²) in [4.78, 5) is 22.0. The lowest BCUT2D eigenvalue weighted by Gasteiger charge is -2.13. The van der Waals surface area contributed by atoms with Crippen LogP contribution in [-0.4, -0.2) is 35.2 Å². The van der Waals surface area contributed by atoms with E-state index in [0.717, 1.165) is 38.6 Å². The minimum absolute atomic E-state index is 0.0851. The third kappa shape index (κ3) is 5.02. The summed E-state index contributed by atoms with van der Waals surface area (Å²) < 4.78 is 6.14. The molecule has 28 heavy (non-hydrogen) atoms. The Bertz CT molecular complexity index is 910. The summed E-state index contributed by atoms with van der Waals surface area (Å²) in [5.41, 5.74) is 2.11. The zero-order valence-electron chi connectivity index (χ0n) is 16.0. The highest BCUT2D eigenvalue weighted by Crippen LogP contribution is 2.30. The van der Waals surface area contributed by atoms with Gasteiger partial charge in [0.1, 0.15) is 16.5 Å². The first kappa shape index (κ1) is 20.6. The van der Waals surface area contributed by atoms with E-state index in [-0.39, 0.29) is 11.7 Å². The molecule has 2 aromatic rings. The standard InChI is InChI=1S/C21H22BrN3O2S/c1-4-21(2)24-19(14-5-7-15(22)8-6-14)20(25-21)28-13-18(26)23-16-9-11-17(27-3)12-10-16/h5-12H,4,13H2,1-3H3,(H,23,26)/t21-/m0/s1. The molecule has 0 bridgehead atoms. The third-order valence-corrected chi connectivity index (χ3v) is 5.89. The van der Waals surface area contributed by atoms with Gasteiger partial charge in [-0.1, -0.05) is 46.7 Å². The minimum Gasteiger partial charge on any atom is -0.497 e. The first-order valence-electron chi connectivity index (χ1n) is 8.95. The number of thioether (sulfide) groups is 1. The Morgan fingerprint density at radius 1 is 1.14 bits per heavy atom. The minimum atomic E-state index is -0.475. The van der Waals surface area contributed by atoms with E-state index in [9.17, 15) is 4.79 Å². The van der Waals surface area contributed by atoms with Crippen LogP contribution in [0.3, 0.4) is 0 Å². The predicted octanol–water partition coefficient (Wildman–Crippen LogP) is 5.16. The van der Waals surface area contributed by atoms with Gasteiger partial charge in [-0.15, -0.1) is 0 Å². The lowest BCUT2D eigenvalue weighted by molar-refractivity contribution is -0.113. The van der Waals surface area contributed by atoms with Crippen LogP contribution in [0.2, 0.25) is 0 Å². The molecule has 146 valence electrons. The van der Waals surface area contributed by atoms with Crippen molar-refractivity contribution >= 4 is 50.0 Å². The van der Waals surface area contributed by atoms with Crippen LogP contribution < -0.4 is 10.1 Å². The highest BCUT2D eigenvalue weighted by atomic mass is 79.9. The number of halogens is 1. The second kappa shape index (κ2) is 8.92. The summed E-state index contributed by atoms with van der Waals surface area (Å²) >= 11 is 4.87. The fourth-order valence-electron chi connectivity index (χ4n) is 2.65. The maximum absolute atomic E-state index is 12.4. The Labute approximate surface area is 177 Å². The topological polar surface area (TPSA) is 63.0 Å². The fourth-order valence-corrected chi connectivity index (χ4v) is 3.81. The number of hydrogen-bond donors (Lipinski definition) is 1. The number of aliphatic imine (C=N–C) groups is 2. The van der Waals surface area contributed by atoms with Gasteiger partial charge in [0.25, 0.3) is 0 Å². The number of hydrogen-bond acceptors (Lipinski definition) is 5. The summed E-state index contributed by atoms with van der Waals surface area (Å²) in [5.74, 6) is 0.931. The fraction of sp³-hybridized carbons (Fsp3) is 0.286. The lowest BCUT2D eigenvalue weighted by atomic mass is 10.1. The van der Waals surface area contributed by atoms with Gasteiger partial charge in [0.2, 0.25) is 5.91 Å². The highest BCUT2D eigenvalue weighted by molar-refractivity contribution is 9.10. The van der Waals surface area contributed by atoms with E-state index >= 15 is 0 Å². The number of benzene rings is 2. The summed E-state index contributed by atoms with van der Waals surface area (Å²) in [5, 5.41) is 3.70. The van der Waals surface area contributed by atoms with Crippen molar-refractivity contribution in [1.82, 2.24) is 0 Å². The monoisotopic (exact) mass is 459 g/mol. The van der Waals surface area contributed by atoms with Gasteiger partial charge in [-0.3, -0.25) is 9.79 Å². The number of ether oxygens (including phenoxy) is 1. The average Bonchev–Trinajstić information content (AvgIpc) is 3.05. The van der Waals surface area contributed by atoms with Gasteiger partial charge < -0.3 is 10.1 Å². The maximum Gasteiger partial charge on any atom is 0.234 e. The van der Waals surface area contributed by atoms with Crippen molar-refractivity contribution in [2.24, 2.45) is 9.98 Å². The molecule has 2 aromatic carbocycles. The molecule has 0 saturated heterocycles. The quantitative estimate of drug-likeness (QED) is 0.648. The van der Waals surface area contributed by atoms with Gasteiger partial charge in [-0.25, -0.2) is 4.99 Å². The summed E-state index contributed by atoms with van der Waals surface area (Å²) in [7, 11) is 1.61. The third-order valence-electron chi connectivity index (χ3n) is 4.40. The second-order valence-corrected chi connectivity index (χ2v) is 8.40. The zero-order valence-corrected chi connectivity index (χ0v) is 18.4. The average molecular weight is 460 g/mol. The van der Waals surface area contributed by atoms with Crippen LogP contribution in [-0.2, 0) is 4.79 Å². The van der Waals surface area contributed by atoms with E-state index in [1.54, 1.807) is 7.11 Å². The molecule has 0 aromatic heterocycles. The van der Waals surface area contributed by atoms with Crippen molar-refractivity contribution in [1.29, 1.82) is 0 Å². The molecule has 5 nitrogen and oxygen atoms in total. The van der Waals surface area contributed by atoms with Crippen LogP contribution in [0.15, 0.2) is 63.0 Å². The molecule has 7 heteroatoms. The van der Waals surface area contributed by atoms with Crippen molar-refractivity contribution in [3.63, 3.8) is 0 Å². The molecule has 1 aliphatic heterocycles. The van der Waals surface area contributed by atoms with E-state index in [4.69, 9.17) is 14.7 Å². The van der Waals surface area contributed by atoms with Crippen LogP contribution in [0.25, 0.3) is 0 Å². The number of rotatable bonds is 6. The van der Waals surface area contributed by atoms with E-state index in [1.807, 2.05) is 55.5 Å². The molecule has 3 rings (SSSR count). The van der Waals surface area contributed by atoms with E-state index < -0.39 is 5.66 Å². The number of carbonyl (C=O) groups is 1. The van der Waals surface area contributed by atoms with Gasteiger partial charge in [0.05, 0.1) is 18.6 Å². The van der Waals surface area contributed by atoms with Crippen LogP contribution in [0.1, 0.15) is 25.8 Å². The molecule has 0 radical (unpaired) electrons. The number of carbonyl (C=O) groups excluding carboxylic acids is 1. The van der Waals surface area contributed by atoms with Crippen molar-refractivity contribution in [2.75, 3.05) is 18.2 Å². The molecule has 1 heterocycles. The van der Waals surface area contributed by atoms with Crippen LogP contribution in [0, 0.1) is 0 Å². The first-order chi connectivity index (χ1) is 13.4. The molecule has 0 spiro atoms. The van der Waals surface area contributed by atoms with Crippen LogP contribution in [0.5, 0.6) is 5.75 Å². The maximum atomic E-state index is 12.4. The van der Waals surface area contributed by atoms with Crippen molar-refractivity contribution in [3.8, 4) is 5.75 Å². The Balaban J connectivity index is 1.68. The molecule has 1 aliphatic rings. The van der Waals surface area contributed by atoms with E-state index in [2.05, 4.69) is 28.2 Å². The van der Waals surface area contributed by atoms with Crippen molar-refractivity contribution in [3.05, 3.63) is 58.6 Å². The molecule has 1 amide bonds. The molecule has 0 saturated carbocycles.